The molecule has 0 amide bonds. The Kier molecular flexibility index (Phi) is 3.22. The molecular weight excluding hydrogens is 258 g/mol. The van der Waals surface area contributed by atoms with Gasteiger partial charge >= 0.3 is 6.18 Å². The predicted molar refractivity (Wildman–Crippen MR) is 66.0 cm³/mol. The average molecular weight is 269 g/mol. The maximum Gasteiger partial charge on any atom is 0.419 e. The van der Waals surface area contributed by atoms with Gasteiger partial charge in [0.2, 0.25) is 0 Å². The zero-order valence-electron chi connectivity index (χ0n) is 10.1. The van der Waals surface area contributed by atoms with Crippen LogP contribution in [0.25, 0.3) is 11.1 Å². The third kappa shape index (κ3) is 2.70. The molecule has 0 atom stereocenters. The van der Waals surface area contributed by atoms with Crippen molar-refractivity contribution in [3.05, 3.63) is 53.3 Å². The smallest absolute Gasteiger partial charge is 0.399 e. The van der Waals surface area contributed by atoms with Crippen molar-refractivity contribution in [1.29, 1.82) is 0 Å². The Bertz CT molecular complexity index is 617. The van der Waals surface area contributed by atoms with Crippen molar-refractivity contribution in [2.45, 2.75) is 13.1 Å². The maximum absolute atomic E-state index is 13.5. The second-order valence-corrected chi connectivity index (χ2v) is 4.27. The Morgan fingerprint density at radius 1 is 1.00 bits per heavy atom. The van der Waals surface area contributed by atoms with Gasteiger partial charge in [0.05, 0.1) is 5.56 Å². The fraction of sp³-hybridized carbons (Fsp3) is 0.143. The summed E-state index contributed by atoms with van der Waals surface area (Å²) in [5.41, 5.74) is 6.71. The van der Waals surface area contributed by atoms with Gasteiger partial charge in [0.15, 0.2) is 0 Å². The summed E-state index contributed by atoms with van der Waals surface area (Å²) in [6.07, 6.45) is -4.68. The maximum atomic E-state index is 13.5. The van der Waals surface area contributed by atoms with Gasteiger partial charge in [-0.1, -0.05) is 12.1 Å². The normalized spacial score (nSPS) is 11.6. The van der Waals surface area contributed by atoms with E-state index in [0.29, 0.717) is 16.8 Å². The highest BCUT2D eigenvalue weighted by Gasteiger charge is 2.33. The second kappa shape index (κ2) is 4.57. The molecule has 2 aromatic carbocycles. The van der Waals surface area contributed by atoms with Gasteiger partial charge in [-0.2, -0.15) is 13.2 Å². The van der Waals surface area contributed by atoms with Gasteiger partial charge in [0.25, 0.3) is 0 Å². The number of nitrogen functional groups attached to an aromatic ring is 1. The Labute approximate surface area is 107 Å². The fourth-order valence-electron chi connectivity index (χ4n) is 1.92. The molecular formula is C14H11F4N. The summed E-state index contributed by atoms with van der Waals surface area (Å²) in [6.45, 7) is 1.77. The summed E-state index contributed by atoms with van der Waals surface area (Å²) >= 11 is 0. The van der Waals surface area contributed by atoms with Crippen molar-refractivity contribution in [2.24, 2.45) is 0 Å². The molecule has 1 nitrogen and oxygen atoms in total. The molecule has 100 valence electrons. The van der Waals surface area contributed by atoms with Gasteiger partial charge in [0.1, 0.15) is 5.82 Å². The lowest BCUT2D eigenvalue weighted by molar-refractivity contribution is -0.139. The van der Waals surface area contributed by atoms with E-state index in [1.54, 1.807) is 25.1 Å². The third-order valence-electron chi connectivity index (χ3n) is 2.84. The van der Waals surface area contributed by atoms with E-state index in [-0.39, 0.29) is 0 Å². The lowest BCUT2D eigenvalue weighted by atomic mass is 9.98. The Morgan fingerprint density at radius 2 is 1.68 bits per heavy atom. The molecule has 0 heterocycles. The van der Waals surface area contributed by atoms with Crippen LogP contribution in [0.3, 0.4) is 0 Å². The average Bonchev–Trinajstić information content (AvgIpc) is 2.26. The molecule has 0 unspecified atom stereocenters. The lowest BCUT2D eigenvalue weighted by Gasteiger charge is -2.11. The first-order chi connectivity index (χ1) is 8.79. The number of alkyl halides is 3. The molecule has 0 aliphatic heterocycles. The van der Waals surface area contributed by atoms with Crippen LogP contribution >= 0.6 is 0 Å². The van der Waals surface area contributed by atoms with Crippen molar-refractivity contribution in [1.82, 2.24) is 0 Å². The first kappa shape index (κ1) is 13.4. The van der Waals surface area contributed by atoms with Gasteiger partial charge in [-0.25, -0.2) is 4.39 Å². The molecule has 19 heavy (non-hydrogen) atoms. The summed E-state index contributed by atoms with van der Waals surface area (Å²) in [6, 6.07) is 7.86. The van der Waals surface area contributed by atoms with Crippen molar-refractivity contribution in [2.75, 3.05) is 5.73 Å². The van der Waals surface area contributed by atoms with Gasteiger partial charge in [-0.05, 0) is 47.9 Å². The summed E-state index contributed by atoms with van der Waals surface area (Å²) in [5.74, 6) is -1.28. The van der Waals surface area contributed by atoms with Crippen LogP contribution in [0.2, 0.25) is 0 Å². The zero-order chi connectivity index (χ0) is 14.2. The van der Waals surface area contributed by atoms with Crippen LogP contribution in [0.4, 0.5) is 23.2 Å². The Morgan fingerprint density at radius 3 is 2.21 bits per heavy atom. The van der Waals surface area contributed by atoms with Crippen LogP contribution in [-0.2, 0) is 6.18 Å². The van der Waals surface area contributed by atoms with Crippen LogP contribution in [0, 0.1) is 12.7 Å². The van der Waals surface area contributed by atoms with E-state index in [2.05, 4.69) is 0 Å². The predicted octanol–water partition coefficient (Wildman–Crippen LogP) is 4.40. The highest BCUT2D eigenvalue weighted by Crippen LogP contribution is 2.34. The molecule has 0 aliphatic rings. The largest absolute Gasteiger partial charge is 0.419 e. The number of anilines is 1. The molecule has 0 radical (unpaired) electrons. The Hall–Kier alpha value is -2.04. The summed E-state index contributed by atoms with van der Waals surface area (Å²) in [5, 5.41) is 0. The van der Waals surface area contributed by atoms with Crippen molar-refractivity contribution in [3.63, 3.8) is 0 Å². The molecule has 0 saturated carbocycles. The van der Waals surface area contributed by atoms with E-state index in [1.807, 2.05) is 0 Å². The number of nitrogens with two attached hydrogens (primary N) is 1. The number of halogens is 4. The van der Waals surface area contributed by atoms with E-state index >= 15 is 0 Å². The summed E-state index contributed by atoms with van der Waals surface area (Å²) in [4.78, 5) is 0. The molecule has 0 bridgehead atoms. The number of benzene rings is 2. The summed E-state index contributed by atoms with van der Waals surface area (Å²) < 4.78 is 50.9. The summed E-state index contributed by atoms with van der Waals surface area (Å²) in [7, 11) is 0. The quantitative estimate of drug-likeness (QED) is 0.602. The third-order valence-corrected chi connectivity index (χ3v) is 2.84. The molecule has 0 aromatic heterocycles. The van der Waals surface area contributed by atoms with Crippen LogP contribution in [0.1, 0.15) is 11.1 Å². The van der Waals surface area contributed by atoms with Gasteiger partial charge in [-0.3, -0.25) is 0 Å². The molecule has 2 N–H and O–H groups in total. The van der Waals surface area contributed by atoms with E-state index in [1.165, 1.54) is 6.07 Å². The standard InChI is InChI=1S/C14H11F4N/c1-8-6-10(19)3-4-11(8)9-2-5-12(13(15)7-9)14(16,17)18/h2-7H,19H2,1H3. The van der Waals surface area contributed by atoms with E-state index < -0.39 is 17.6 Å². The van der Waals surface area contributed by atoms with Crippen molar-refractivity contribution < 1.29 is 17.6 Å². The zero-order valence-corrected chi connectivity index (χ0v) is 10.1. The van der Waals surface area contributed by atoms with Crippen LogP contribution < -0.4 is 5.73 Å². The number of hydrogen-bond acceptors (Lipinski definition) is 1. The van der Waals surface area contributed by atoms with Crippen molar-refractivity contribution >= 4 is 5.69 Å². The van der Waals surface area contributed by atoms with E-state index in [9.17, 15) is 17.6 Å². The molecule has 0 fully saturated rings. The molecule has 5 heteroatoms. The molecule has 0 saturated heterocycles. The second-order valence-electron chi connectivity index (χ2n) is 4.27. The SMILES string of the molecule is Cc1cc(N)ccc1-c1ccc(C(F)(F)F)c(F)c1. The monoisotopic (exact) mass is 269 g/mol. The minimum absolute atomic E-state index is 0.392. The van der Waals surface area contributed by atoms with Gasteiger partial charge < -0.3 is 5.73 Å². The molecule has 2 aromatic rings. The van der Waals surface area contributed by atoms with Crippen molar-refractivity contribution in [3.8, 4) is 11.1 Å². The molecule has 0 aliphatic carbocycles. The number of rotatable bonds is 1. The number of hydrogen-bond donors (Lipinski definition) is 1. The lowest BCUT2D eigenvalue weighted by Crippen LogP contribution is -2.07. The highest BCUT2D eigenvalue weighted by atomic mass is 19.4. The number of aryl methyl sites for hydroxylation is 1. The first-order valence-corrected chi connectivity index (χ1v) is 5.52. The molecule has 0 spiro atoms. The first-order valence-electron chi connectivity index (χ1n) is 5.52. The highest BCUT2D eigenvalue weighted by molar-refractivity contribution is 5.69. The van der Waals surface area contributed by atoms with Crippen LogP contribution in [-0.4, -0.2) is 0 Å². The Balaban J connectivity index is 2.51. The van der Waals surface area contributed by atoms with E-state index in [4.69, 9.17) is 5.73 Å². The topological polar surface area (TPSA) is 26.0 Å². The van der Waals surface area contributed by atoms with Crippen LogP contribution in [0.5, 0.6) is 0 Å². The van der Waals surface area contributed by atoms with Gasteiger partial charge in [-0.15, -0.1) is 0 Å². The minimum Gasteiger partial charge on any atom is -0.399 e. The van der Waals surface area contributed by atoms with E-state index in [0.717, 1.165) is 17.7 Å². The van der Waals surface area contributed by atoms with Gasteiger partial charge in [0, 0.05) is 5.69 Å². The van der Waals surface area contributed by atoms with Crippen LogP contribution in [0.15, 0.2) is 36.4 Å². The molecule has 2 rings (SSSR count). The minimum atomic E-state index is -4.68. The fourth-order valence-corrected chi connectivity index (χ4v) is 1.92.